The number of nitrogens with zero attached hydrogens (tertiary/aromatic N) is 2. The second kappa shape index (κ2) is 11.9. The van der Waals surface area contributed by atoms with Crippen LogP contribution in [0.15, 0.2) is 63.3 Å². The Kier molecular flexibility index (Phi) is 9.19. The first kappa shape index (κ1) is 25.6. The Morgan fingerprint density at radius 2 is 1.61 bits per heavy atom. The largest absolute Gasteiger partial charge is 0.298 e. The van der Waals surface area contributed by atoms with Crippen LogP contribution in [-0.2, 0) is 10.0 Å². The van der Waals surface area contributed by atoms with Crippen LogP contribution in [-0.4, -0.2) is 36.7 Å². The van der Waals surface area contributed by atoms with E-state index in [1.807, 2.05) is 43.5 Å². The first-order valence-electron chi connectivity index (χ1n) is 11.0. The van der Waals surface area contributed by atoms with E-state index >= 15 is 0 Å². The lowest BCUT2D eigenvalue weighted by atomic mass is 10.2. The van der Waals surface area contributed by atoms with Crippen LogP contribution in [0.25, 0.3) is 11.3 Å². The Hall–Kier alpha value is -2.07. The summed E-state index contributed by atoms with van der Waals surface area (Å²) in [5.74, 6) is -0.329. The van der Waals surface area contributed by atoms with Gasteiger partial charge in [0.15, 0.2) is 5.13 Å². The number of hydrogen-bond acceptors (Lipinski definition) is 5. The second-order valence-electron chi connectivity index (χ2n) is 7.63. The lowest BCUT2D eigenvalue weighted by molar-refractivity contribution is 0.102. The Balaban J connectivity index is 1.70. The molecule has 1 N–H and O–H groups in total. The molecule has 3 aromatic rings. The summed E-state index contributed by atoms with van der Waals surface area (Å²) in [5, 5.41) is 5.17. The average molecular weight is 551 g/mol. The van der Waals surface area contributed by atoms with Crippen molar-refractivity contribution in [3.63, 3.8) is 0 Å². The quantitative estimate of drug-likeness (QED) is 0.299. The fourth-order valence-electron chi connectivity index (χ4n) is 3.20. The highest BCUT2D eigenvalue weighted by molar-refractivity contribution is 9.10. The zero-order valence-electron chi connectivity index (χ0n) is 18.8. The fraction of sp³-hybridized carbons (Fsp3) is 0.333. The molecule has 9 heteroatoms. The zero-order valence-corrected chi connectivity index (χ0v) is 22.0. The van der Waals surface area contributed by atoms with Gasteiger partial charge in [-0.3, -0.25) is 10.1 Å². The topological polar surface area (TPSA) is 79.4 Å². The molecule has 0 saturated carbocycles. The van der Waals surface area contributed by atoms with E-state index in [1.54, 1.807) is 16.4 Å². The Morgan fingerprint density at radius 3 is 2.18 bits per heavy atom. The summed E-state index contributed by atoms with van der Waals surface area (Å²) >= 11 is 4.75. The van der Waals surface area contributed by atoms with Gasteiger partial charge in [-0.15, -0.1) is 11.3 Å². The van der Waals surface area contributed by atoms with E-state index in [4.69, 9.17) is 0 Å². The molecule has 0 bridgehead atoms. The number of carbonyl (C=O) groups is 1. The molecule has 0 radical (unpaired) electrons. The third-order valence-corrected chi connectivity index (χ3v) is 8.34. The predicted octanol–water partition coefficient (Wildman–Crippen LogP) is 6.42. The molecular weight excluding hydrogens is 522 g/mol. The van der Waals surface area contributed by atoms with Crippen molar-refractivity contribution in [1.29, 1.82) is 0 Å². The summed E-state index contributed by atoms with van der Waals surface area (Å²) in [6.07, 6.45) is 3.49. The smallest absolute Gasteiger partial charge is 0.257 e. The molecule has 1 amide bonds. The van der Waals surface area contributed by atoms with Crippen molar-refractivity contribution in [2.75, 3.05) is 18.4 Å². The van der Waals surface area contributed by atoms with Crippen LogP contribution in [0.5, 0.6) is 0 Å². The number of nitrogens with one attached hydrogen (secondary N) is 1. The number of hydrogen-bond donors (Lipinski definition) is 1. The summed E-state index contributed by atoms with van der Waals surface area (Å²) in [6, 6.07) is 13.9. The minimum absolute atomic E-state index is 0.207. The molecule has 0 atom stereocenters. The molecular formula is C24H28BrN3O3S2. The molecule has 0 aliphatic rings. The lowest BCUT2D eigenvalue weighted by Gasteiger charge is -2.22. The van der Waals surface area contributed by atoms with Gasteiger partial charge in [-0.2, -0.15) is 4.31 Å². The van der Waals surface area contributed by atoms with Gasteiger partial charge in [0.1, 0.15) is 0 Å². The number of unbranched alkanes of at least 4 members (excludes halogenated alkanes) is 2. The van der Waals surface area contributed by atoms with E-state index in [0.717, 1.165) is 41.4 Å². The minimum Gasteiger partial charge on any atom is -0.298 e. The molecule has 0 spiro atoms. The van der Waals surface area contributed by atoms with E-state index in [2.05, 4.69) is 26.2 Å². The summed E-state index contributed by atoms with van der Waals surface area (Å²) in [6.45, 7) is 5.10. The van der Waals surface area contributed by atoms with Crippen LogP contribution in [0.4, 0.5) is 5.13 Å². The van der Waals surface area contributed by atoms with E-state index in [-0.39, 0.29) is 10.8 Å². The molecule has 0 aliphatic carbocycles. The third-order valence-electron chi connectivity index (χ3n) is 5.14. The highest BCUT2D eigenvalue weighted by Crippen LogP contribution is 2.26. The van der Waals surface area contributed by atoms with Crippen molar-refractivity contribution in [3.8, 4) is 11.3 Å². The Bertz CT molecular complexity index is 1150. The number of rotatable bonds is 11. The van der Waals surface area contributed by atoms with E-state index < -0.39 is 10.0 Å². The van der Waals surface area contributed by atoms with Crippen LogP contribution in [0.2, 0.25) is 0 Å². The fourth-order valence-corrected chi connectivity index (χ4v) is 5.70. The van der Waals surface area contributed by atoms with Gasteiger partial charge in [-0.05, 0) is 49.2 Å². The maximum atomic E-state index is 13.1. The molecule has 0 aliphatic heterocycles. The van der Waals surface area contributed by atoms with Crippen molar-refractivity contribution >= 4 is 48.3 Å². The first-order chi connectivity index (χ1) is 15.8. The summed E-state index contributed by atoms with van der Waals surface area (Å²) in [7, 11) is -3.59. The second-order valence-corrected chi connectivity index (χ2v) is 11.3. The first-order valence-corrected chi connectivity index (χ1v) is 14.1. The molecule has 1 aromatic heterocycles. The van der Waals surface area contributed by atoms with Gasteiger partial charge in [0.25, 0.3) is 5.91 Å². The van der Waals surface area contributed by atoms with Gasteiger partial charge in [0.05, 0.1) is 10.6 Å². The number of amides is 1. The highest BCUT2D eigenvalue weighted by Gasteiger charge is 2.24. The highest BCUT2D eigenvalue weighted by atomic mass is 79.9. The molecule has 33 heavy (non-hydrogen) atoms. The average Bonchev–Trinajstić information content (AvgIpc) is 3.28. The zero-order chi connectivity index (χ0) is 23.8. The molecule has 1 heterocycles. The predicted molar refractivity (Wildman–Crippen MR) is 138 cm³/mol. The Labute approximate surface area is 208 Å². The molecule has 0 fully saturated rings. The molecule has 6 nitrogen and oxygen atoms in total. The maximum Gasteiger partial charge on any atom is 0.257 e. The number of aromatic nitrogens is 1. The van der Waals surface area contributed by atoms with Crippen LogP contribution < -0.4 is 5.32 Å². The van der Waals surface area contributed by atoms with Gasteiger partial charge in [0.2, 0.25) is 10.0 Å². The van der Waals surface area contributed by atoms with Crippen LogP contribution in [0.1, 0.15) is 49.9 Å². The van der Waals surface area contributed by atoms with Crippen molar-refractivity contribution < 1.29 is 13.2 Å². The van der Waals surface area contributed by atoms with E-state index in [9.17, 15) is 13.2 Å². The van der Waals surface area contributed by atoms with Gasteiger partial charge in [-0.25, -0.2) is 13.4 Å². The normalized spacial score (nSPS) is 11.6. The van der Waals surface area contributed by atoms with Gasteiger partial charge >= 0.3 is 0 Å². The standard InChI is InChI=1S/C24H28BrN3O3S2/c1-3-5-15-28(16-6-4-2)33(30,31)21-13-9-19(10-14-21)23(29)27-24-26-22(17-32-24)18-7-11-20(25)12-8-18/h7-14,17H,3-6,15-16H2,1-2H3,(H,26,27,29). The number of carbonyl (C=O) groups excluding carboxylic acids is 1. The van der Waals surface area contributed by atoms with Crippen molar-refractivity contribution in [3.05, 3.63) is 63.9 Å². The van der Waals surface area contributed by atoms with Crippen LogP contribution in [0.3, 0.4) is 0 Å². The molecule has 0 unspecified atom stereocenters. The molecule has 3 rings (SSSR count). The monoisotopic (exact) mass is 549 g/mol. The van der Waals surface area contributed by atoms with Crippen molar-refractivity contribution in [1.82, 2.24) is 9.29 Å². The number of thiazole rings is 1. The van der Waals surface area contributed by atoms with Crippen molar-refractivity contribution in [2.45, 2.75) is 44.4 Å². The lowest BCUT2D eigenvalue weighted by Crippen LogP contribution is -2.33. The number of benzene rings is 2. The molecule has 0 saturated heterocycles. The Morgan fingerprint density at radius 1 is 1.00 bits per heavy atom. The van der Waals surface area contributed by atoms with Crippen molar-refractivity contribution in [2.24, 2.45) is 0 Å². The van der Waals surface area contributed by atoms with Crippen LogP contribution >= 0.6 is 27.3 Å². The van der Waals surface area contributed by atoms with Gasteiger partial charge < -0.3 is 0 Å². The summed E-state index contributed by atoms with van der Waals surface area (Å²) in [4.78, 5) is 17.4. The van der Waals surface area contributed by atoms with Gasteiger partial charge in [0, 0.05) is 34.1 Å². The van der Waals surface area contributed by atoms with E-state index in [1.165, 1.54) is 23.5 Å². The van der Waals surface area contributed by atoms with Crippen LogP contribution in [0, 0.1) is 0 Å². The minimum atomic E-state index is -3.59. The summed E-state index contributed by atoms with van der Waals surface area (Å²) < 4.78 is 28.7. The molecule has 176 valence electrons. The number of halogens is 1. The third kappa shape index (κ3) is 6.72. The van der Waals surface area contributed by atoms with E-state index in [0.29, 0.717) is 23.8 Å². The molecule has 2 aromatic carbocycles. The number of anilines is 1. The summed E-state index contributed by atoms with van der Waals surface area (Å²) in [5.41, 5.74) is 2.12. The SMILES string of the molecule is CCCCN(CCCC)S(=O)(=O)c1ccc(C(=O)Nc2nc(-c3ccc(Br)cc3)cs2)cc1. The van der Waals surface area contributed by atoms with Gasteiger partial charge in [-0.1, -0.05) is 54.8 Å². The number of sulfonamides is 1. The maximum absolute atomic E-state index is 13.1.